The molecule has 0 aliphatic rings. The molecule has 1 atom stereocenters. The number of aromatic hydroxyl groups is 1. The Kier molecular flexibility index (Phi) is 3.39. The van der Waals surface area contributed by atoms with Gasteiger partial charge >= 0.3 is 5.97 Å². The lowest BCUT2D eigenvalue weighted by atomic mass is 9.95. The molecule has 0 bridgehead atoms. The molecular weight excluding hydrogens is 260 g/mol. The lowest BCUT2D eigenvalue weighted by molar-refractivity contribution is -0.138. The fraction of sp³-hybridized carbons (Fsp3) is 0.364. The van der Waals surface area contributed by atoms with E-state index in [4.69, 9.17) is 5.11 Å². The fourth-order valence-corrected chi connectivity index (χ4v) is 1.89. The van der Waals surface area contributed by atoms with Crippen LogP contribution in [0.4, 0.5) is 0 Å². The van der Waals surface area contributed by atoms with Gasteiger partial charge in [-0.05, 0) is 38.0 Å². The standard InChI is InChI=1S/C11H13BrO3/c1-5-6(2)10(13)8(4-9(5)12)7(3)11(14)15/h4,7,13H,1-3H3,(H,14,15). The summed E-state index contributed by atoms with van der Waals surface area (Å²) < 4.78 is 0.820. The lowest BCUT2D eigenvalue weighted by Gasteiger charge is -2.14. The molecule has 0 spiro atoms. The molecule has 3 nitrogen and oxygen atoms in total. The highest BCUT2D eigenvalue weighted by molar-refractivity contribution is 9.10. The van der Waals surface area contributed by atoms with Crippen molar-refractivity contribution in [2.45, 2.75) is 26.7 Å². The van der Waals surface area contributed by atoms with E-state index in [0.29, 0.717) is 11.1 Å². The highest BCUT2D eigenvalue weighted by atomic mass is 79.9. The van der Waals surface area contributed by atoms with Crippen LogP contribution in [-0.4, -0.2) is 16.2 Å². The van der Waals surface area contributed by atoms with E-state index in [1.165, 1.54) is 0 Å². The number of halogens is 1. The van der Waals surface area contributed by atoms with E-state index in [9.17, 15) is 9.90 Å². The van der Waals surface area contributed by atoms with Gasteiger partial charge in [-0.1, -0.05) is 15.9 Å². The Morgan fingerprint density at radius 1 is 1.40 bits per heavy atom. The summed E-state index contributed by atoms with van der Waals surface area (Å²) in [5, 5.41) is 18.7. The number of carboxylic acids is 1. The van der Waals surface area contributed by atoms with E-state index >= 15 is 0 Å². The van der Waals surface area contributed by atoms with Crippen molar-refractivity contribution in [3.63, 3.8) is 0 Å². The van der Waals surface area contributed by atoms with Crippen molar-refractivity contribution in [2.24, 2.45) is 0 Å². The van der Waals surface area contributed by atoms with E-state index in [1.54, 1.807) is 19.9 Å². The van der Waals surface area contributed by atoms with Crippen molar-refractivity contribution in [2.75, 3.05) is 0 Å². The maximum absolute atomic E-state index is 10.8. The molecule has 4 heteroatoms. The number of rotatable bonds is 2. The van der Waals surface area contributed by atoms with E-state index in [1.807, 2.05) is 6.92 Å². The monoisotopic (exact) mass is 272 g/mol. The van der Waals surface area contributed by atoms with Gasteiger partial charge in [-0.25, -0.2) is 0 Å². The quantitative estimate of drug-likeness (QED) is 0.870. The third kappa shape index (κ3) is 2.15. The molecule has 0 aromatic heterocycles. The van der Waals surface area contributed by atoms with Gasteiger partial charge in [0.05, 0.1) is 5.92 Å². The zero-order valence-corrected chi connectivity index (χ0v) is 10.4. The normalized spacial score (nSPS) is 12.5. The number of hydrogen-bond acceptors (Lipinski definition) is 2. The van der Waals surface area contributed by atoms with E-state index in [0.717, 1.165) is 10.0 Å². The van der Waals surface area contributed by atoms with Crippen LogP contribution >= 0.6 is 15.9 Å². The number of phenolic OH excluding ortho intramolecular Hbond substituents is 1. The number of benzene rings is 1. The lowest BCUT2D eigenvalue weighted by Crippen LogP contribution is -2.08. The molecular formula is C11H13BrO3. The number of carboxylic acid groups (broad SMARTS) is 1. The van der Waals surface area contributed by atoms with Crippen LogP contribution in [0.5, 0.6) is 5.75 Å². The van der Waals surface area contributed by atoms with Gasteiger partial charge in [0.25, 0.3) is 0 Å². The summed E-state index contributed by atoms with van der Waals surface area (Å²) >= 11 is 3.34. The summed E-state index contributed by atoms with van der Waals surface area (Å²) in [6, 6.07) is 1.66. The minimum atomic E-state index is -0.944. The van der Waals surface area contributed by atoms with Gasteiger partial charge in [0.2, 0.25) is 0 Å². The molecule has 2 N–H and O–H groups in total. The van der Waals surface area contributed by atoms with Crippen LogP contribution in [0.25, 0.3) is 0 Å². The van der Waals surface area contributed by atoms with Crippen LogP contribution in [0.2, 0.25) is 0 Å². The molecule has 0 saturated heterocycles. The zero-order valence-electron chi connectivity index (χ0n) is 8.84. The minimum Gasteiger partial charge on any atom is -0.507 e. The summed E-state index contributed by atoms with van der Waals surface area (Å²) in [5.41, 5.74) is 2.08. The molecule has 1 unspecified atom stereocenters. The first-order valence-electron chi connectivity index (χ1n) is 4.57. The first kappa shape index (κ1) is 12.0. The Hall–Kier alpha value is -1.03. The van der Waals surface area contributed by atoms with Gasteiger partial charge in [0.1, 0.15) is 5.75 Å². The van der Waals surface area contributed by atoms with Gasteiger partial charge in [-0.15, -0.1) is 0 Å². The third-order valence-electron chi connectivity index (χ3n) is 2.67. The van der Waals surface area contributed by atoms with Gasteiger partial charge in [0, 0.05) is 10.0 Å². The van der Waals surface area contributed by atoms with Crippen LogP contribution in [0.15, 0.2) is 10.5 Å². The maximum atomic E-state index is 10.8. The second-order valence-corrected chi connectivity index (χ2v) is 4.46. The molecule has 1 aromatic rings. The molecule has 0 heterocycles. The predicted octanol–water partition coefficient (Wildman–Crippen LogP) is 2.96. The van der Waals surface area contributed by atoms with Crippen molar-refractivity contribution < 1.29 is 15.0 Å². The SMILES string of the molecule is Cc1c(Br)cc(C(C)C(=O)O)c(O)c1C. The number of carbonyl (C=O) groups is 1. The third-order valence-corrected chi connectivity index (χ3v) is 3.49. The van der Waals surface area contributed by atoms with Crippen LogP contribution in [0.1, 0.15) is 29.5 Å². The molecule has 1 aromatic carbocycles. The van der Waals surface area contributed by atoms with Crippen LogP contribution in [0, 0.1) is 13.8 Å². The smallest absolute Gasteiger partial charge is 0.310 e. The molecule has 0 radical (unpaired) electrons. The van der Waals surface area contributed by atoms with E-state index < -0.39 is 11.9 Å². The highest BCUT2D eigenvalue weighted by Gasteiger charge is 2.20. The average molecular weight is 273 g/mol. The van der Waals surface area contributed by atoms with Crippen molar-refractivity contribution in [3.8, 4) is 5.75 Å². The fourth-order valence-electron chi connectivity index (χ4n) is 1.35. The molecule has 82 valence electrons. The highest BCUT2D eigenvalue weighted by Crippen LogP contribution is 2.35. The number of hydrogen-bond donors (Lipinski definition) is 2. The molecule has 0 fully saturated rings. The van der Waals surface area contributed by atoms with E-state index in [2.05, 4.69) is 15.9 Å². The summed E-state index contributed by atoms with van der Waals surface area (Å²) in [4.78, 5) is 10.8. The van der Waals surface area contributed by atoms with Crippen LogP contribution < -0.4 is 0 Å². The van der Waals surface area contributed by atoms with E-state index in [-0.39, 0.29) is 5.75 Å². The number of phenols is 1. The zero-order chi connectivity index (χ0) is 11.7. The summed E-state index contributed by atoms with van der Waals surface area (Å²) in [5.74, 6) is -1.58. The largest absolute Gasteiger partial charge is 0.507 e. The summed E-state index contributed by atoms with van der Waals surface area (Å²) in [6.45, 7) is 5.19. The number of aliphatic carboxylic acids is 1. The summed E-state index contributed by atoms with van der Waals surface area (Å²) in [6.07, 6.45) is 0. The maximum Gasteiger partial charge on any atom is 0.310 e. The van der Waals surface area contributed by atoms with Gasteiger partial charge in [-0.2, -0.15) is 0 Å². The minimum absolute atomic E-state index is 0.0746. The Balaban J connectivity index is 3.38. The Morgan fingerprint density at radius 3 is 2.40 bits per heavy atom. The topological polar surface area (TPSA) is 57.5 Å². The van der Waals surface area contributed by atoms with Crippen molar-refractivity contribution in [1.29, 1.82) is 0 Å². The van der Waals surface area contributed by atoms with Crippen LogP contribution in [0.3, 0.4) is 0 Å². The first-order valence-corrected chi connectivity index (χ1v) is 5.37. The van der Waals surface area contributed by atoms with Crippen molar-refractivity contribution in [1.82, 2.24) is 0 Å². The second kappa shape index (κ2) is 4.23. The second-order valence-electron chi connectivity index (χ2n) is 3.61. The van der Waals surface area contributed by atoms with Crippen molar-refractivity contribution in [3.05, 3.63) is 27.2 Å². The molecule has 0 amide bonds. The average Bonchev–Trinajstić information content (AvgIpc) is 2.19. The summed E-state index contributed by atoms with van der Waals surface area (Å²) in [7, 11) is 0. The molecule has 15 heavy (non-hydrogen) atoms. The van der Waals surface area contributed by atoms with Gasteiger partial charge in [0.15, 0.2) is 0 Å². The molecule has 0 aliphatic carbocycles. The van der Waals surface area contributed by atoms with Gasteiger partial charge in [-0.3, -0.25) is 4.79 Å². The Bertz CT molecular complexity index is 413. The van der Waals surface area contributed by atoms with Crippen LogP contribution in [-0.2, 0) is 4.79 Å². The molecule has 0 aliphatic heterocycles. The predicted molar refractivity (Wildman–Crippen MR) is 61.3 cm³/mol. The first-order chi connectivity index (χ1) is 6.86. The Labute approximate surface area is 96.9 Å². The van der Waals surface area contributed by atoms with Gasteiger partial charge < -0.3 is 10.2 Å². The van der Waals surface area contributed by atoms with Crippen molar-refractivity contribution >= 4 is 21.9 Å². The molecule has 1 rings (SSSR count). The molecule has 0 saturated carbocycles. The Morgan fingerprint density at radius 2 is 1.93 bits per heavy atom.